The zero-order valence-electron chi connectivity index (χ0n) is 8.50. The van der Waals surface area contributed by atoms with Crippen LogP contribution in [0.1, 0.15) is 19.3 Å². The van der Waals surface area contributed by atoms with Crippen LogP contribution in [0.4, 0.5) is 0 Å². The number of hydrogen-bond acceptors (Lipinski definition) is 3. The predicted molar refractivity (Wildman–Crippen MR) is 60.2 cm³/mol. The highest BCUT2D eigenvalue weighted by Crippen LogP contribution is 2.17. The van der Waals surface area contributed by atoms with Crippen LogP contribution >= 0.6 is 11.8 Å². The number of amidine groups is 1. The molecule has 4 heteroatoms. The average Bonchev–Trinajstić information content (AvgIpc) is 2.30. The Bertz CT molecular complexity index is 178. The Morgan fingerprint density at radius 1 is 1.29 bits per heavy atom. The van der Waals surface area contributed by atoms with E-state index in [1.54, 1.807) is 0 Å². The predicted octanol–water partition coefficient (Wildman–Crippen LogP) is 1.58. The molecular formula is C10H18N2OS. The summed E-state index contributed by atoms with van der Waals surface area (Å²) >= 11 is 1.90. The first-order valence-electron chi connectivity index (χ1n) is 5.40. The summed E-state index contributed by atoms with van der Waals surface area (Å²) in [4.78, 5) is 2.19. The zero-order valence-corrected chi connectivity index (χ0v) is 9.31. The van der Waals surface area contributed by atoms with E-state index in [0.29, 0.717) is 0 Å². The van der Waals surface area contributed by atoms with Crippen molar-refractivity contribution in [2.24, 2.45) is 0 Å². The van der Waals surface area contributed by atoms with Crippen molar-refractivity contribution in [2.75, 3.05) is 31.2 Å². The molecule has 1 N–H and O–H groups in total. The summed E-state index contributed by atoms with van der Waals surface area (Å²) in [6.07, 6.45) is 3.86. The molecule has 0 amide bonds. The van der Waals surface area contributed by atoms with Crippen molar-refractivity contribution in [3.63, 3.8) is 0 Å². The van der Waals surface area contributed by atoms with Crippen molar-refractivity contribution in [3.8, 4) is 0 Å². The fourth-order valence-electron chi connectivity index (χ4n) is 1.98. The van der Waals surface area contributed by atoms with Gasteiger partial charge in [0.1, 0.15) is 11.9 Å². The molecule has 2 fully saturated rings. The molecule has 2 heterocycles. The Hall–Kier alpha value is -0.220. The van der Waals surface area contributed by atoms with E-state index in [-0.39, 0.29) is 6.10 Å². The molecular weight excluding hydrogens is 196 g/mol. The summed E-state index contributed by atoms with van der Waals surface area (Å²) in [5, 5.41) is 8.07. The standard InChI is InChI=1S/C10H18N2OS/c11-10(9-8-14-7-6-13-9)12-4-2-1-3-5-12/h9,11H,1-8H2. The Kier molecular flexibility index (Phi) is 3.70. The maximum atomic E-state index is 8.07. The van der Waals surface area contributed by atoms with Crippen molar-refractivity contribution in [3.05, 3.63) is 0 Å². The van der Waals surface area contributed by atoms with Gasteiger partial charge in [-0.1, -0.05) is 0 Å². The second-order valence-electron chi connectivity index (χ2n) is 3.87. The lowest BCUT2D eigenvalue weighted by Gasteiger charge is -2.34. The van der Waals surface area contributed by atoms with Crippen LogP contribution in [0.5, 0.6) is 0 Å². The SMILES string of the molecule is N=C(C1CSCCO1)N1CCCCC1. The molecule has 0 radical (unpaired) electrons. The summed E-state index contributed by atoms with van der Waals surface area (Å²) in [5.74, 6) is 2.77. The molecule has 0 aliphatic carbocycles. The van der Waals surface area contributed by atoms with Crippen molar-refractivity contribution in [1.82, 2.24) is 4.90 Å². The molecule has 1 unspecified atom stereocenters. The highest BCUT2D eigenvalue weighted by Gasteiger charge is 2.24. The molecule has 2 aliphatic rings. The van der Waals surface area contributed by atoms with Crippen LogP contribution in [0.3, 0.4) is 0 Å². The third-order valence-electron chi connectivity index (χ3n) is 2.82. The number of ether oxygens (including phenoxy) is 1. The summed E-state index contributed by atoms with van der Waals surface area (Å²) in [5.41, 5.74) is 0. The minimum Gasteiger partial charge on any atom is -0.369 e. The molecule has 0 saturated carbocycles. The fraction of sp³-hybridized carbons (Fsp3) is 0.900. The average molecular weight is 214 g/mol. The summed E-state index contributed by atoms with van der Waals surface area (Å²) < 4.78 is 5.61. The number of nitrogens with one attached hydrogen (secondary N) is 1. The molecule has 14 heavy (non-hydrogen) atoms. The van der Waals surface area contributed by atoms with Crippen molar-refractivity contribution in [2.45, 2.75) is 25.4 Å². The molecule has 0 aromatic heterocycles. The van der Waals surface area contributed by atoms with Gasteiger partial charge < -0.3 is 9.64 Å². The smallest absolute Gasteiger partial charge is 0.126 e. The number of thioether (sulfide) groups is 1. The normalized spacial score (nSPS) is 28.9. The van der Waals surface area contributed by atoms with Crippen LogP contribution in [0.15, 0.2) is 0 Å². The Labute approximate surface area is 89.7 Å². The van der Waals surface area contributed by atoms with Gasteiger partial charge >= 0.3 is 0 Å². The number of likely N-dealkylation sites (tertiary alicyclic amines) is 1. The molecule has 3 nitrogen and oxygen atoms in total. The third kappa shape index (κ3) is 2.42. The fourth-order valence-corrected chi connectivity index (χ4v) is 2.83. The summed E-state index contributed by atoms with van der Waals surface area (Å²) in [6, 6.07) is 0. The molecule has 0 aromatic rings. The van der Waals surface area contributed by atoms with Gasteiger partial charge in [-0.05, 0) is 19.3 Å². The quantitative estimate of drug-likeness (QED) is 0.532. The van der Waals surface area contributed by atoms with Gasteiger partial charge in [0.25, 0.3) is 0 Å². The van der Waals surface area contributed by atoms with Gasteiger partial charge in [0.05, 0.1) is 6.61 Å². The minimum absolute atomic E-state index is 0.0619. The Morgan fingerprint density at radius 2 is 2.07 bits per heavy atom. The van der Waals surface area contributed by atoms with Gasteiger partial charge in [0.2, 0.25) is 0 Å². The highest BCUT2D eigenvalue weighted by molar-refractivity contribution is 7.99. The second-order valence-corrected chi connectivity index (χ2v) is 5.02. The lowest BCUT2D eigenvalue weighted by molar-refractivity contribution is 0.108. The maximum absolute atomic E-state index is 8.07. The number of piperidine rings is 1. The van der Waals surface area contributed by atoms with Crippen LogP contribution < -0.4 is 0 Å². The Balaban J connectivity index is 1.85. The number of rotatable bonds is 1. The van der Waals surface area contributed by atoms with E-state index in [1.807, 2.05) is 11.8 Å². The first-order chi connectivity index (χ1) is 6.88. The van der Waals surface area contributed by atoms with Crippen molar-refractivity contribution < 1.29 is 4.74 Å². The molecule has 0 spiro atoms. The molecule has 80 valence electrons. The molecule has 2 rings (SSSR count). The summed E-state index contributed by atoms with van der Waals surface area (Å²) in [7, 11) is 0. The first-order valence-corrected chi connectivity index (χ1v) is 6.56. The van der Waals surface area contributed by atoms with Crippen LogP contribution in [-0.2, 0) is 4.74 Å². The number of nitrogens with zero attached hydrogens (tertiary/aromatic N) is 1. The molecule has 0 aromatic carbocycles. The van der Waals surface area contributed by atoms with Gasteiger partial charge in [-0.2, -0.15) is 11.8 Å². The van der Waals surface area contributed by atoms with Crippen LogP contribution in [-0.4, -0.2) is 48.0 Å². The first kappa shape index (κ1) is 10.3. The van der Waals surface area contributed by atoms with E-state index < -0.39 is 0 Å². The number of hydrogen-bond donors (Lipinski definition) is 1. The molecule has 2 saturated heterocycles. The van der Waals surface area contributed by atoms with E-state index >= 15 is 0 Å². The third-order valence-corrected chi connectivity index (χ3v) is 3.81. The van der Waals surface area contributed by atoms with Crippen molar-refractivity contribution >= 4 is 17.6 Å². The largest absolute Gasteiger partial charge is 0.369 e. The monoisotopic (exact) mass is 214 g/mol. The van der Waals surface area contributed by atoms with Gasteiger partial charge in [-0.3, -0.25) is 5.41 Å². The maximum Gasteiger partial charge on any atom is 0.126 e. The zero-order chi connectivity index (χ0) is 9.80. The van der Waals surface area contributed by atoms with E-state index in [4.69, 9.17) is 10.1 Å². The van der Waals surface area contributed by atoms with Crippen LogP contribution in [0, 0.1) is 5.41 Å². The second kappa shape index (κ2) is 5.03. The van der Waals surface area contributed by atoms with E-state index in [1.165, 1.54) is 19.3 Å². The van der Waals surface area contributed by atoms with E-state index in [2.05, 4.69) is 4.90 Å². The van der Waals surface area contributed by atoms with Gasteiger partial charge in [-0.25, -0.2) is 0 Å². The molecule has 1 atom stereocenters. The van der Waals surface area contributed by atoms with Gasteiger partial charge in [0.15, 0.2) is 0 Å². The van der Waals surface area contributed by atoms with Gasteiger partial charge in [0, 0.05) is 24.6 Å². The topological polar surface area (TPSA) is 36.3 Å². The Morgan fingerprint density at radius 3 is 2.71 bits per heavy atom. The van der Waals surface area contributed by atoms with Gasteiger partial charge in [-0.15, -0.1) is 0 Å². The van der Waals surface area contributed by atoms with Crippen molar-refractivity contribution in [1.29, 1.82) is 5.41 Å². The van der Waals surface area contributed by atoms with E-state index in [9.17, 15) is 0 Å². The molecule has 0 bridgehead atoms. The molecule has 2 aliphatic heterocycles. The lowest BCUT2D eigenvalue weighted by atomic mass is 10.1. The minimum atomic E-state index is 0.0619. The van der Waals surface area contributed by atoms with Crippen LogP contribution in [0.25, 0.3) is 0 Å². The summed E-state index contributed by atoms with van der Waals surface area (Å²) in [6.45, 7) is 2.93. The lowest BCUT2D eigenvalue weighted by Crippen LogP contribution is -2.45. The van der Waals surface area contributed by atoms with E-state index in [0.717, 1.165) is 37.0 Å². The van der Waals surface area contributed by atoms with Crippen LogP contribution in [0.2, 0.25) is 0 Å². The highest BCUT2D eigenvalue weighted by atomic mass is 32.2.